The van der Waals surface area contributed by atoms with Gasteiger partial charge in [-0.15, -0.1) is 0 Å². The first-order chi connectivity index (χ1) is 8.79. The quantitative estimate of drug-likeness (QED) is 0.702. The zero-order chi connectivity index (χ0) is 14.6. The molecule has 0 fully saturated rings. The van der Waals surface area contributed by atoms with Gasteiger partial charge in [0, 0.05) is 12.6 Å². The van der Waals surface area contributed by atoms with E-state index in [0.29, 0.717) is 17.9 Å². The maximum absolute atomic E-state index is 12.4. The van der Waals surface area contributed by atoms with Gasteiger partial charge in [0.25, 0.3) is 0 Å². The number of sulfonamides is 1. The lowest BCUT2D eigenvalue weighted by Gasteiger charge is -2.17. The maximum atomic E-state index is 12.4. The van der Waals surface area contributed by atoms with Crippen LogP contribution in [0.25, 0.3) is 0 Å². The molecule has 3 N–H and O–H groups in total. The number of aryl methyl sites for hydroxylation is 1. The summed E-state index contributed by atoms with van der Waals surface area (Å²) in [5.41, 5.74) is 1.10. The van der Waals surface area contributed by atoms with Gasteiger partial charge in [-0.3, -0.25) is 5.10 Å². The van der Waals surface area contributed by atoms with Crippen LogP contribution in [-0.4, -0.2) is 31.2 Å². The molecule has 0 bridgehead atoms. The van der Waals surface area contributed by atoms with Gasteiger partial charge in [-0.2, -0.15) is 5.10 Å². The SMILES string of the molecule is CCNCc1n[nH]c(C)c1S(=O)(=O)NC(C)C(C)C. The Bertz CT molecular complexity index is 508. The van der Waals surface area contributed by atoms with E-state index >= 15 is 0 Å². The van der Waals surface area contributed by atoms with E-state index in [9.17, 15) is 8.42 Å². The smallest absolute Gasteiger partial charge is 0.244 e. The highest BCUT2D eigenvalue weighted by Gasteiger charge is 2.26. The van der Waals surface area contributed by atoms with Crippen LogP contribution in [0.3, 0.4) is 0 Å². The number of aromatic amines is 1. The topological polar surface area (TPSA) is 86.9 Å². The van der Waals surface area contributed by atoms with Gasteiger partial charge in [-0.1, -0.05) is 20.8 Å². The molecule has 0 radical (unpaired) electrons. The highest BCUT2D eigenvalue weighted by molar-refractivity contribution is 7.89. The van der Waals surface area contributed by atoms with Gasteiger partial charge in [0.1, 0.15) is 4.90 Å². The zero-order valence-corrected chi connectivity index (χ0v) is 13.1. The molecule has 0 aliphatic rings. The molecule has 0 aliphatic carbocycles. The molecule has 0 spiro atoms. The van der Waals surface area contributed by atoms with Gasteiger partial charge >= 0.3 is 0 Å². The highest BCUT2D eigenvalue weighted by Crippen LogP contribution is 2.18. The fourth-order valence-electron chi connectivity index (χ4n) is 1.63. The molecule has 110 valence electrons. The normalized spacial score (nSPS) is 14.0. The van der Waals surface area contributed by atoms with E-state index in [2.05, 4.69) is 20.2 Å². The first-order valence-corrected chi connectivity index (χ1v) is 8.04. The maximum Gasteiger partial charge on any atom is 0.244 e. The number of hydrogen-bond donors (Lipinski definition) is 3. The van der Waals surface area contributed by atoms with E-state index in [1.165, 1.54) is 0 Å². The fourth-order valence-corrected chi connectivity index (χ4v) is 3.39. The molecule has 1 unspecified atom stereocenters. The van der Waals surface area contributed by atoms with Gasteiger partial charge in [0.2, 0.25) is 10.0 Å². The highest BCUT2D eigenvalue weighted by atomic mass is 32.2. The van der Waals surface area contributed by atoms with E-state index < -0.39 is 10.0 Å². The minimum Gasteiger partial charge on any atom is -0.311 e. The third kappa shape index (κ3) is 4.02. The molecule has 0 aliphatic heterocycles. The van der Waals surface area contributed by atoms with Crippen molar-refractivity contribution in [2.45, 2.75) is 52.1 Å². The lowest BCUT2D eigenvalue weighted by atomic mass is 10.1. The number of aromatic nitrogens is 2. The summed E-state index contributed by atoms with van der Waals surface area (Å²) in [7, 11) is -3.54. The van der Waals surface area contributed by atoms with Crippen molar-refractivity contribution in [3.05, 3.63) is 11.4 Å². The molecular weight excluding hydrogens is 264 g/mol. The molecule has 0 aromatic carbocycles. The number of H-pyrrole nitrogens is 1. The lowest BCUT2D eigenvalue weighted by Crippen LogP contribution is -2.36. The second-order valence-corrected chi connectivity index (χ2v) is 6.71. The van der Waals surface area contributed by atoms with Gasteiger partial charge in [0.05, 0.1) is 11.4 Å². The van der Waals surface area contributed by atoms with E-state index in [0.717, 1.165) is 6.54 Å². The van der Waals surface area contributed by atoms with Crippen LogP contribution >= 0.6 is 0 Å². The van der Waals surface area contributed by atoms with E-state index in [4.69, 9.17) is 0 Å². The van der Waals surface area contributed by atoms with Crippen LogP contribution in [0.1, 0.15) is 39.1 Å². The number of rotatable bonds is 7. The minimum absolute atomic E-state index is 0.119. The Morgan fingerprint density at radius 3 is 2.47 bits per heavy atom. The molecule has 7 heteroatoms. The van der Waals surface area contributed by atoms with Crippen LogP contribution in [0, 0.1) is 12.8 Å². The third-order valence-corrected chi connectivity index (χ3v) is 4.87. The molecule has 0 saturated carbocycles. The molecule has 0 saturated heterocycles. The van der Waals surface area contributed by atoms with Crippen molar-refractivity contribution < 1.29 is 8.42 Å². The third-order valence-electron chi connectivity index (χ3n) is 3.11. The predicted molar refractivity (Wildman–Crippen MR) is 75.3 cm³/mol. The molecular formula is C12H24N4O2S. The van der Waals surface area contributed by atoms with Crippen LogP contribution in [0.2, 0.25) is 0 Å². The zero-order valence-electron chi connectivity index (χ0n) is 12.2. The summed E-state index contributed by atoms with van der Waals surface area (Å²) in [6.45, 7) is 10.7. The van der Waals surface area contributed by atoms with Gasteiger partial charge in [-0.25, -0.2) is 13.1 Å². The van der Waals surface area contributed by atoms with E-state index in [1.807, 2.05) is 27.7 Å². The summed E-state index contributed by atoms with van der Waals surface area (Å²) in [6, 6.07) is -0.119. The van der Waals surface area contributed by atoms with Crippen molar-refractivity contribution in [1.82, 2.24) is 20.2 Å². The van der Waals surface area contributed by atoms with Crippen molar-refractivity contribution in [2.75, 3.05) is 6.54 Å². The molecule has 1 aromatic heterocycles. The Labute approximate surface area is 115 Å². The molecule has 19 heavy (non-hydrogen) atoms. The summed E-state index contributed by atoms with van der Waals surface area (Å²) >= 11 is 0. The van der Waals surface area contributed by atoms with Gasteiger partial charge in [0.15, 0.2) is 0 Å². The van der Waals surface area contributed by atoms with Crippen molar-refractivity contribution in [3.63, 3.8) is 0 Å². The Morgan fingerprint density at radius 2 is 1.95 bits per heavy atom. The summed E-state index contributed by atoms with van der Waals surface area (Å²) < 4.78 is 27.5. The Balaban J connectivity index is 3.03. The molecule has 1 aromatic rings. The van der Waals surface area contributed by atoms with Crippen molar-refractivity contribution >= 4 is 10.0 Å². The molecule has 6 nitrogen and oxygen atoms in total. The summed E-state index contributed by atoms with van der Waals surface area (Å²) in [5, 5.41) is 9.90. The summed E-state index contributed by atoms with van der Waals surface area (Å²) in [6.07, 6.45) is 0. The van der Waals surface area contributed by atoms with Crippen LogP contribution < -0.4 is 10.0 Å². The van der Waals surface area contributed by atoms with Crippen molar-refractivity contribution in [1.29, 1.82) is 0 Å². The fraction of sp³-hybridized carbons (Fsp3) is 0.750. The van der Waals surface area contributed by atoms with Crippen molar-refractivity contribution in [3.8, 4) is 0 Å². The lowest BCUT2D eigenvalue weighted by molar-refractivity contribution is 0.476. The van der Waals surface area contributed by atoms with Crippen LogP contribution in [0.5, 0.6) is 0 Å². The number of nitrogens with one attached hydrogen (secondary N) is 3. The monoisotopic (exact) mass is 288 g/mol. The largest absolute Gasteiger partial charge is 0.311 e. The molecule has 1 rings (SSSR count). The van der Waals surface area contributed by atoms with Gasteiger partial charge in [-0.05, 0) is 26.3 Å². The Hall–Kier alpha value is -0.920. The summed E-state index contributed by atoms with van der Waals surface area (Å²) in [4.78, 5) is 0.265. The Morgan fingerprint density at radius 1 is 1.32 bits per heavy atom. The van der Waals surface area contributed by atoms with Crippen LogP contribution in [0.4, 0.5) is 0 Å². The van der Waals surface area contributed by atoms with Crippen LogP contribution in [0.15, 0.2) is 4.90 Å². The first-order valence-electron chi connectivity index (χ1n) is 6.56. The average Bonchev–Trinajstić information content (AvgIpc) is 2.67. The first kappa shape index (κ1) is 16.1. The van der Waals surface area contributed by atoms with Gasteiger partial charge < -0.3 is 5.32 Å². The molecule has 1 atom stereocenters. The van der Waals surface area contributed by atoms with E-state index in [-0.39, 0.29) is 16.9 Å². The second-order valence-electron chi connectivity index (χ2n) is 5.06. The average molecular weight is 288 g/mol. The summed E-state index contributed by atoms with van der Waals surface area (Å²) in [5.74, 6) is 0.235. The van der Waals surface area contributed by atoms with Crippen molar-refractivity contribution in [2.24, 2.45) is 5.92 Å². The minimum atomic E-state index is -3.54. The Kier molecular flexibility index (Phi) is 5.51. The number of hydrogen-bond acceptors (Lipinski definition) is 4. The molecule has 0 amide bonds. The van der Waals surface area contributed by atoms with Crippen LogP contribution in [-0.2, 0) is 16.6 Å². The number of nitrogens with zero attached hydrogens (tertiary/aromatic N) is 1. The molecule has 1 heterocycles. The second kappa shape index (κ2) is 6.49. The van der Waals surface area contributed by atoms with E-state index in [1.54, 1.807) is 6.92 Å². The standard InChI is InChI=1S/C12H24N4O2S/c1-6-13-7-11-12(10(5)14-15-11)19(17,18)16-9(4)8(2)3/h8-9,13,16H,6-7H2,1-5H3,(H,14,15). The predicted octanol–water partition coefficient (Wildman–Crippen LogP) is 1.15.